The quantitative estimate of drug-likeness (QED) is 0.826. The van der Waals surface area contributed by atoms with Gasteiger partial charge in [-0.05, 0) is 49.2 Å². The second-order valence-electron chi connectivity index (χ2n) is 4.50. The summed E-state index contributed by atoms with van der Waals surface area (Å²) in [5.41, 5.74) is 10.6. The van der Waals surface area contributed by atoms with Gasteiger partial charge in [0.05, 0.1) is 10.7 Å². The van der Waals surface area contributed by atoms with Gasteiger partial charge in [0.2, 0.25) is 0 Å². The third-order valence-corrected chi connectivity index (χ3v) is 3.46. The smallest absolute Gasteiger partial charge is 0.104 e. The van der Waals surface area contributed by atoms with Crippen LogP contribution < -0.4 is 11.1 Å². The molecule has 0 heterocycles. The van der Waals surface area contributed by atoms with E-state index in [0.29, 0.717) is 10.0 Å². The van der Waals surface area contributed by atoms with Crippen molar-refractivity contribution in [2.45, 2.75) is 13.8 Å². The van der Waals surface area contributed by atoms with Crippen LogP contribution in [0.25, 0.3) is 0 Å². The zero-order chi connectivity index (χ0) is 14.0. The van der Waals surface area contributed by atoms with Crippen LogP contribution in [0.5, 0.6) is 0 Å². The predicted octanol–water partition coefficient (Wildman–Crippen LogP) is 4.33. The summed E-state index contributed by atoms with van der Waals surface area (Å²) < 4.78 is 0. The van der Waals surface area contributed by atoms with Gasteiger partial charge in [0, 0.05) is 11.3 Å². The number of nitrogens with two attached hydrogens (primary N) is 1. The molecular formula is C15H15ClN2S. The van der Waals surface area contributed by atoms with Crippen LogP contribution in [0.3, 0.4) is 0 Å². The third-order valence-electron chi connectivity index (χ3n) is 2.92. The fourth-order valence-electron chi connectivity index (χ4n) is 1.79. The minimum absolute atomic E-state index is 0.347. The van der Waals surface area contributed by atoms with E-state index in [2.05, 4.69) is 37.4 Å². The van der Waals surface area contributed by atoms with Crippen molar-refractivity contribution in [2.75, 3.05) is 5.32 Å². The molecule has 0 aliphatic carbocycles. The third kappa shape index (κ3) is 3.25. The average molecular weight is 291 g/mol. The van der Waals surface area contributed by atoms with Gasteiger partial charge in [-0.25, -0.2) is 0 Å². The highest BCUT2D eigenvalue weighted by Crippen LogP contribution is 2.28. The molecule has 0 spiro atoms. The number of nitrogens with one attached hydrogen (secondary N) is 1. The largest absolute Gasteiger partial charge is 0.389 e. The maximum atomic E-state index is 6.24. The number of rotatable bonds is 3. The van der Waals surface area contributed by atoms with Crippen LogP contribution >= 0.6 is 23.8 Å². The van der Waals surface area contributed by atoms with E-state index >= 15 is 0 Å². The molecule has 0 amide bonds. The molecule has 2 aromatic rings. The molecular weight excluding hydrogens is 276 g/mol. The molecule has 0 radical (unpaired) electrons. The van der Waals surface area contributed by atoms with E-state index in [1.165, 1.54) is 11.1 Å². The number of thiocarbonyl (C=S) groups is 1. The summed E-state index contributed by atoms with van der Waals surface area (Å²) in [6.45, 7) is 4.11. The minimum Gasteiger partial charge on any atom is -0.389 e. The summed E-state index contributed by atoms with van der Waals surface area (Å²) in [7, 11) is 0. The summed E-state index contributed by atoms with van der Waals surface area (Å²) in [5.74, 6) is 0. The molecule has 0 bridgehead atoms. The van der Waals surface area contributed by atoms with E-state index in [1.54, 1.807) is 6.07 Å². The van der Waals surface area contributed by atoms with Gasteiger partial charge in [-0.1, -0.05) is 36.0 Å². The van der Waals surface area contributed by atoms with Crippen LogP contribution in [0.2, 0.25) is 5.02 Å². The number of aryl methyl sites for hydroxylation is 2. The molecule has 98 valence electrons. The second-order valence-corrected chi connectivity index (χ2v) is 5.35. The molecule has 0 atom stereocenters. The van der Waals surface area contributed by atoms with Crippen molar-refractivity contribution >= 4 is 40.2 Å². The molecule has 3 N–H and O–H groups in total. The number of hydrogen-bond donors (Lipinski definition) is 2. The molecule has 19 heavy (non-hydrogen) atoms. The summed E-state index contributed by atoms with van der Waals surface area (Å²) in [6, 6.07) is 11.8. The van der Waals surface area contributed by atoms with Crippen molar-refractivity contribution in [2.24, 2.45) is 5.73 Å². The molecule has 0 aliphatic heterocycles. The van der Waals surface area contributed by atoms with Crippen molar-refractivity contribution < 1.29 is 0 Å². The Labute approximate surface area is 123 Å². The van der Waals surface area contributed by atoms with E-state index < -0.39 is 0 Å². The molecule has 0 fully saturated rings. The van der Waals surface area contributed by atoms with Crippen molar-refractivity contribution in [1.29, 1.82) is 0 Å². The Hall–Kier alpha value is -1.58. The summed E-state index contributed by atoms with van der Waals surface area (Å²) in [6.07, 6.45) is 0. The molecule has 0 aliphatic rings. The van der Waals surface area contributed by atoms with Gasteiger partial charge in [-0.2, -0.15) is 0 Å². The molecule has 0 saturated carbocycles. The summed E-state index contributed by atoms with van der Waals surface area (Å²) >= 11 is 11.2. The Bertz CT molecular complexity index is 638. The first-order valence-electron chi connectivity index (χ1n) is 5.91. The molecule has 2 aromatic carbocycles. The second kappa shape index (κ2) is 5.59. The lowest BCUT2D eigenvalue weighted by Gasteiger charge is -2.12. The lowest BCUT2D eigenvalue weighted by Crippen LogP contribution is -2.09. The highest BCUT2D eigenvalue weighted by molar-refractivity contribution is 7.80. The zero-order valence-electron chi connectivity index (χ0n) is 10.8. The number of hydrogen-bond acceptors (Lipinski definition) is 2. The van der Waals surface area contributed by atoms with Gasteiger partial charge in [0.25, 0.3) is 0 Å². The Balaban J connectivity index is 2.33. The van der Waals surface area contributed by atoms with Gasteiger partial charge in [0.1, 0.15) is 4.99 Å². The highest BCUT2D eigenvalue weighted by atomic mass is 35.5. The minimum atomic E-state index is 0.347. The Morgan fingerprint density at radius 1 is 1.11 bits per heavy atom. The van der Waals surface area contributed by atoms with Gasteiger partial charge in [-0.15, -0.1) is 0 Å². The first-order valence-corrected chi connectivity index (χ1v) is 6.69. The zero-order valence-corrected chi connectivity index (χ0v) is 12.4. The maximum absolute atomic E-state index is 6.24. The van der Waals surface area contributed by atoms with Crippen LogP contribution in [0.1, 0.15) is 16.7 Å². The molecule has 2 rings (SSSR count). The lowest BCUT2D eigenvalue weighted by atomic mass is 10.1. The Kier molecular flexibility index (Phi) is 4.08. The van der Waals surface area contributed by atoms with Gasteiger partial charge >= 0.3 is 0 Å². The predicted molar refractivity (Wildman–Crippen MR) is 86.5 cm³/mol. The SMILES string of the molecule is Cc1ccc(C)c(Nc2ccc(C(N)=S)cc2Cl)c1. The Morgan fingerprint density at radius 3 is 2.47 bits per heavy atom. The van der Waals surface area contributed by atoms with E-state index in [4.69, 9.17) is 29.6 Å². The van der Waals surface area contributed by atoms with Crippen LogP contribution in [0.4, 0.5) is 11.4 Å². The van der Waals surface area contributed by atoms with Crippen molar-refractivity contribution in [3.63, 3.8) is 0 Å². The maximum Gasteiger partial charge on any atom is 0.104 e. The van der Waals surface area contributed by atoms with Crippen molar-refractivity contribution in [1.82, 2.24) is 0 Å². The van der Waals surface area contributed by atoms with Crippen LogP contribution in [0.15, 0.2) is 36.4 Å². The average Bonchev–Trinajstić information content (AvgIpc) is 2.36. The molecule has 4 heteroatoms. The number of halogens is 1. The Morgan fingerprint density at radius 2 is 1.84 bits per heavy atom. The van der Waals surface area contributed by atoms with E-state index in [0.717, 1.165) is 16.9 Å². The van der Waals surface area contributed by atoms with Crippen molar-refractivity contribution in [3.8, 4) is 0 Å². The fourth-order valence-corrected chi connectivity index (χ4v) is 2.14. The molecule has 0 saturated heterocycles. The topological polar surface area (TPSA) is 38.0 Å². The van der Waals surface area contributed by atoms with Gasteiger partial charge < -0.3 is 11.1 Å². The van der Waals surface area contributed by atoms with Crippen LogP contribution in [0, 0.1) is 13.8 Å². The molecule has 0 aromatic heterocycles. The standard InChI is InChI=1S/C15H15ClN2S/c1-9-3-4-10(2)14(7-9)18-13-6-5-11(15(17)19)8-12(13)16/h3-8,18H,1-2H3,(H2,17,19). The van der Waals surface area contributed by atoms with Crippen LogP contribution in [-0.2, 0) is 0 Å². The van der Waals surface area contributed by atoms with Crippen molar-refractivity contribution in [3.05, 3.63) is 58.1 Å². The lowest BCUT2D eigenvalue weighted by molar-refractivity contribution is 1.38. The van der Waals surface area contributed by atoms with E-state index in [9.17, 15) is 0 Å². The van der Waals surface area contributed by atoms with Gasteiger partial charge in [-0.3, -0.25) is 0 Å². The molecule has 2 nitrogen and oxygen atoms in total. The first kappa shape index (κ1) is 13.8. The number of benzene rings is 2. The monoisotopic (exact) mass is 290 g/mol. The van der Waals surface area contributed by atoms with E-state index in [-0.39, 0.29) is 0 Å². The first-order chi connectivity index (χ1) is 8.97. The summed E-state index contributed by atoms with van der Waals surface area (Å²) in [5, 5.41) is 3.93. The number of anilines is 2. The normalized spacial score (nSPS) is 10.3. The van der Waals surface area contributed by atoms with Gasteiger partial charge in [0.15, 0.2) is 0 Å². The van der Waals surface area contributed by atoms with E-state index in [1.807, 2.05) is 12.1 Å². The van der Waals surface area contributed by atoms with Crippen LogP contribution in [-0.4, -0.2) is 4.99 Å². The fraction of sp³-hybridized carbons (Fsp3) is 0.133. The highest BCUT2D eigenvalue weighted by Gasteiger charge is 2.05. The molecule has 0 unspecified atom stereocenters. The summed E-state index contributed by atoms with van der Waals surface area (Å²) in [4.78, 5) is 0.347.